The van der Waals surface area contributed by atoms with Crippen LogP contribution in [0, 0.1) is 34.5 Å². The van der Waals surface area contributed by atoms with Crippen molar-refractivity contribution in [2.24, 2.45) is 39.6 Å². The van der Waals surface area contributed by atoms with Gasteiger partial charge in [-0.05, 0) is 85.8 Å². The molecule has 4 aliphatic carbocycles. The standard InChI is InChI=1S/C27H33Cl2NO5S/c1-14-10-15-11-16(31)6-8-26(15,2)19-7-9-27(3)18(24(14)19)4-5-23(27)35-25(32)17-12-22(36(30,33)34)21(29)13-20(17)28/h11-14,18-19,23-24H,4-10H2,1-3H3,(H2,30,33,34)/t14?,18?,19?,23-,24?,26-,27-/m0/s1. The SMILES string of the molecule is CC1CC2=CC(=O)CC[C@]2(C)C2CC[C@@]3(C)C(CC[C@@H]3OC(=O)c3cc(S(N)(=O)=O)c(Cl)cc3Cl)C12. The van der Waals surface area contributed by atoms with Gasteiger partial charge in [0.25, 0.3) is 0 Å². The number of rotatable bonds is 3. The fraction of sp³-hybridized carbons (Fsp3) is 0.630. The summed E-state index contributed by atoms with van der Waals surface area (Å²) >= 11 is 12.3. The molecule has 7 atom stereocenters. The Morgan fingerprint density at radius 1 is 1.08 bits per heavy atom. The summed E-state index contributed by atoms with van der Waals surface area (Å²) in [5.41, 5.74) is 1.18. The van der Waals surface area contributed by atoms with Gasteiger partial charge in [0.1, 0.15) is 11.0 Å². The van der Waals surface area contributed by atoms with Crippen molar-refractivity contribution in [1.82, 2.24) is 0 Å². The first-order chi connectivity index (χ1) is 16.8. The number of halogens is 2. The third kappa shape index (κ3) is 4.05. The molecule has 0 amide bonds. The van der Waals surface area contributed by atoms with Gasteiger partial charge in [-0.2, -0.15) is 0 Å². The van der Waals surface area contributed by atoms with E-state index < -0.39 is 16.0 Å². The Morgan fingerprint density at radius 3 is 2.50 bits per heavy atom. The fourth-order valence-corrected chi connectivity index (χ4v) is 9.54. The predicted octanol–water partition coefficient (Wildman–Crippen LogP) is 5.94. The number of hydrogen-bond donors (Lipinski definition) is 1. The van der Waals surface area contributed by atoms with E-state index in [1.807, 2.05) is 6.08 Å². The molecule has 2 N–H and O–H groups in total. The van der Waals surface area contributed by atoms with Crippen LogP contribution in [0.1, 0.15) is 76.1 Å². The van der Waals surface area contributed by atoms with E-state index in [4.69, 9.17) is 33.1 Å². The van der Waals surface area contributed by atoms with E-state index in [-0.39, 0.29) is 43.2 Å². The second kappa shape index (κ2) is 8.82. The number of allylic oxidation sites excluding steroid dienone is 1. The van der Waals surface area contributed by atoms with Crippen molar-refractivity contribution in [2.75, 3.05) is 0 Å². The lowest BCUT2D eigenvalue weighted by atomic mass is 9.45. The maximum absolute atomic E-state index is 13.2. The lowest BCUT2D eigenvalue weighted by molar-refractivity contribution is -0.119. The summed E-state index contributed by atoms with van der Waals surface area (Å²) in [6.45, 7) is 6.91. The number of hydrogen-bond acceptors (Lipinski definition) is 5. The summed E-state index contributed by atoms with van der Waals surface area (Å²) in [5, 5.41) is 5.15. The molecule has 196 valence electrons. The maximum atomic E-state index is 13.2. The Labute approximate surface area is 223 Å². The normalized spacial score (nSPS) is 38.0. The first-order valence-electron chi connectivity index (χ1n) is 12.7. The lowest BCUT2D eigenvalue weighted by Gasteiger charge is -2.59. The molecule has 0 radical (unpaired) electrons. The Bertz CT molecular complexity index is 1280. The Morgan fingerprint density at radius 2 is 1.81 bits per heavy atom. The Balaban J connectivity index is 1.41. The summed E-state index contributed by atoms with van der Waals surface area (Å²) in [5.74, 6) is 1.51. The van der Waals surface area contributed by atoms with Crippen LogP contribution in [0.25, 0.3) is 0 Å². The first kappa shape index (κ1) is 26.2. The number of sulfonamides is 1. The number of carbonyl (C=O) groups excluding carboxylic acids is 2. The molecular formula is C27H33Cl2NO5S. The number of fused-ring (bicyclic) bond motifs is 5. The van der Waals surface area contributed by atoms with E-state index in [9.17, 15) is 18.0 Å². The minimum atomic E-state index is -4.13. The second-order valence-corrected chi connectivity index (χ2v) is 14.2. The van der Waals surface area contributed by atoms with Gasteiger partial charge in [-0.15, -0.1) is 0 Å². The molecule has 1 aromatic rings. The van der Waals surface area contributed by atoms with Gasteiger partial charge >= 0.3 is 5.97 Å². The van der Waals surface area contributed by atoms with Crippen LogP contribution in [-0.2, 0) is 19.6 Å². The van der Waals surface area contributed by atoms with Crippen molar-refractivity contribution >= 4 is 45.0 Å². The van der Waals surface area contributed by atoms with Crippen molar-refractivity contribution in [3.8, 4) is 0 Å². The number of ether oxygens (including phenoxy) is 1. The largest absolute Gasteiger partial charge is 0.458 e. The Kier molecular flexibility index (Phi) is 6.42. The van der Waals surface area contributed by atoms with Crippen molar-refractivity contribution in [2.45, 2.75) is 76.7 Å². The summed E-state index contributed by atoms with van der Waals surface area (Å²) in [6, 6.07) is 2.32. The fourth-order valence-electron chi connectivity index (χ4n) is 8.15. The van der Waals surface area contributed by atoms with Crippen LogP contribution in [-0.4, -0.2) is 26.3 Å². The van der Waals surface area contributed by atoms with Crippen molar-refractivity contribution in [3.63, 3.8) is 0 Å². The average Bonchev–Trinajstić information content (AvgIpc) is 3.10. The molecule has 36 heavy (non-hydrogen) atoms. The molecule has 3 saturated carbocycles. The highest BCUT2D eigenvalue weighted by Gasteiger charge is 2.61. The van der Waals surface area contributed by atoms with E-state index in [0.717, 1.165) is 44.6 Å². The zero-order valence-corrected chi connectivity index (χ0v) is 23.2. The highest BCUT2D eigenvalue weighted by atomic mass is 35.5. The molecule has 0 aromatic heterocycles. The van der Waals surface area contributed by atoms with Gasteiger partial charge < -0.3 is 4.74 Å². The van der Waals surface area contributed by atoms with E-state index in [0.29, 0.717) is 30.1 Å². The van der Waals surface area contributed by atoms with Gasteiger partial charge in [0.05, 0.1) is 15.6 Å². The predicted molar refractivity (Wildman–Crippen MR) is 138 cm³/mol. The van der Waals surface area contributed by atoms with Gasteiger partial charge in [-0.3, -0.25) is 4.79 Å². The molecule has 0 saturated heterocycles. The molecule has 1 aromatic carbocycles. The number of benzene rings is 1. The lowest BCUT2D eigenvalue weighted by Crippen LogP contribution is -2.54. The van der Waals surface area contributed by atoms with E-state index in [1.54, 1.807) is 0 Å². The van der Waals surface area contributed by atoms with E-state index in [1.165, 1.54) is 11.6 Å². The van der Waals surface area contributed by atoms with Crippen molar-refractivity contribution in [1.29, 1.82) is 0 Å². The molecular weight excluding hydrogens is 521 g/mol. The summed E-state index contributed by atoms with van der Waals surface area (Å²) in [6.07, 6.45) is 7.86. The highest BCUT2D eigenvalue weighted by molar-refractivity contribution is 7.89. The number of carbonyl (C=O) groups is 2. The zero-order valence-electron chi connectivity index (χ0n) is 20.9. The third-order valence-corrected chi connectivity index (χ3v) is 11.7. The molecule has 0 heterocycles. The maximum Gasteiger partial charge on any atom is 0.339 e. The quantitative estimate of drug-likeness (QED) is 0.466. The van der Waals surface area contributed by atoms with Crippen molar-refractivity contribution in [3.05, 3.63) is 39.4 Å². The molecule has 6 nitrogen and oxygen atoms in total. The number of esters is 1. The van der Waals surface area contributed by atoms with Gasteiger partial charge in [-0.1, -0.05) is 49.5 Å². The van der Waals surface area contributed by atoms with Gasteiger partial charge in [0.2, 0.25) is 10.0 Å². The molecule has 4 aliphatic rings. The van der Waals surface area contributed by atoms with Crippen LogP contribution in [0.4, 0.5) is 0 Å². The topological polar surface area (TPSA) is 104 Å². The first-order valence-corrected chi connectivity index (χ1v) is 15.0. The average molecular weight is 555 g/mol. The minimum Gasteiger partial charge on any atom is -0.458 e. The number of primary sulfonamides is 1. The second-order valence-electron chi connectivity index (χ2n) is 11.8. The minimum absolute atomic E-state index is 0.0285. The van der Waals surface area contributed by atoms with Crippen LogP contribution in [0.2, 0.25) is 10.0 Å². The van der Waals surface area contributed by atoms with Crippen LogP contribution < -0.4 is 5.14 Å². The molecule has 5 rings (SSSR count). The number of nitrogens with two attached hydrogens (primary N) is 1. The Hall–Kier alpha value is -1.41. The number of ketones is 1. The molecule has 3 fully saturated rings. The van der Waals surface area contributed by atoms with E-state index in [2.05, 4.69) is 20.8 Å². The molecule has 0 bridgehead atoms. The molecule has 0 spiro atoms. The smallest absolute Gasteiger partial charge is 0.339 e. The summed E-state index contributed by atoms with van der Waals surface area (Å²) in [4.78, 5) is 25.0. The molecule has 0 aliphatic heterocycles. The van der Waals surface area contributed by atoms with Gasteiger partial charge in [0, 0.05) is 11.8 Å². The van der Waals surface area contributed by atoms with Crippen molar-refractivity contribution < 1.29 is 22.7 Å². The summed E-state index contributed by atoms with van der Waals surface area (Å²) < 4.78 is 29.9. The van der Waals surface area contributed by atoms with Crippen LogP contribution in [0.3, 0.4) is 0 Å². The van der Waals surface area contributed by atoms with Gasteiger partial charge in [0.15, 0.2) is 5.78 Å². The van der Waals surface area contributed by atoms with Crippen LogP contribution in [0.15, 0.2) is 28.7 Å². The monoisotopic (exact) mass is 553 g/mol. The highest BCUT2D eigenvalue weighted by Crippen LogP contribution is 2.67. The summed E-state index contributed by atoms with van der Waals surface area (Å²) in [7, 11) is -4.13. The zero-order chi connectivity index (χ0) is 26.2. The molecule has 4 unspecified atom stereocenters. The van der Waals surface area contributed by atoms with Gasteiger partial charge in [-0.25, -0.2) is 18.4 Å². The van der Waals surface area contributed by atoms with Crippen LogP contribution in [0.5, 0.6) is 0 Å². The molecule has 9 heteroatoms. The van der Waals surface area contributed by atoms with Crippen LogP contribution >= 0.6 is 23.2 Å². The van der Waals surface area contributed by atoms with E-state index >= 15 is 0 Å². The third-order valence-electron chi connectivity index (χ3n) is 10.0.